The second-order valence-corrected chi connectivity index (χ2v) is 28.2. The average Bonchev–Trinajstić information content (AvgIpc) is 2.16. The van der Waals surface area contributed by atoms with Gasteiger partial charge >= 0.3 is 19.5 Å². The molecule has 0 atom stereocenters. The van der Waals surface area contributed by atoms with Gasteiger partial charge in [-0.25, -0.2) is 9.97 Å². The summed E-state index contributed by atoms with van der Waals surface area (Å²) in [5.41, 5.74) is 11.7. The Hall–Kier alpha value is -6.50. The minimum Gasteiger partial charge on any atom is -0.356 e. The van der Waals surface area contributed by atoms with Gasteiger partial charge in [0.15, 0.2) is 0 Å². The standard InChI is InChI=1S/C72H56N8S8.Zn/c1-9-25-49(26-10-1)41-81-57-58(82-42-50-27-11-2-12-28-50)66-73-65(57)77-67-59(83-43-51-29-13-3-14-30-51)60(84-44-52-31-15-4-16-32-52)69(74-67)79-71-63(87-47-55-37-21-7-22-38-55)64(88-48-56-39-23-8-24-40-56)72(76-71)80-70-62(86-46-54-35-19-6-20-36-54)61(68(75-70)78-66)85-45-53-33-17-5-18-34-53;/h1-40H,41-48H2;/q-2;+2. The quantitative estimate of drug-likeness (QED) is 0.0423. The van der Waals surface area contributed by atoms with E-state index in [4.69, 9.17) is 39.9 Å². The predicted molar refractivity (Wildman–Crippen MR) is 379 cm³/mol. The Labute approximate surface area is 566 Å². The molecule has 2 aliphatic rings. The van der Waals surface area contributed by atoms with Crippen LogP contribution in [-0.4, -0.2) is 29.9 Å². The van der Waals surface area contributed by atoms with Crippen LogP contribution in [-0.2, 0) is 65.5 Å². The van der Waals surface area contributed by atoms with Crippen molar-refractivity contribution in [1.82, 2.24) is 39.9 Å². The van der Waals surface area contributed by atoms with Crippen molar-refractivity contribution in [3.05, 3.63) is 310 Å². The van der Waals surface area contributed by atoms with Gasteiger partial charge in [-0.05, 0) is 44.5 Å². The molecule has 17 heteroatoms. The summed E-state index contributed by atoms with van der Waals surface area (Å²) in [5, 5.41) is 0. The van der Waals surface area contributed by atoms with Crippen LogP contribution >= 0.6 is 94.1 Å². The fourth-order valence-electron chi connectivity index (χ4n) is 9.51. The summed E-state index contributed by atoms with van der Waals surface area (Å²) < 4.78 is 0. The maximum atomic E-state index is 5.70. The Balaban J connectivity index is 0.00000769. The molecule has 3 aromatic heterocycles. The maximum absolute atomic E-state index is 5.70. The second kappa shape index (κ2) is 31.5. The predicted octanol–water partition coefficient (Wildman–Crippen LogP) is 19.7. The van der Waals surface area contributed by atoms with E-state index in [1.165, 1.54) is 44.5 Å². The van der Waals surface area contributed by atoms with Crippen LogP contribution in [0.2, 0.25) is 0 Å². The number of benzene rings is 8. The first-order valence-corrected chi connectivity index (χ1v) is 36.5. The van der Waals surface area contributed by atoms with Crippen LogP contribution in [0.15, 0.2) is 262 Å². The molecule has 0 saturated carbocycles. The minimum atomic E-state index is 0. The van der Waals surface area contributed by atoms with Crippen molar-refractivity contribution in [3.8, 4) is 0 Å². The number of fused-ring (bicyclic) bond motifs is 8. The molecule has 13 rings (SSSR count). The van der Waals surface area contributed by atoms with E-state index in [0.717, 1.165) is 39.2 Å². The van der Waals surface area contributed by atoms with Crippen LogP contribution in [0.5, 0.6) is 0 Å². The number of aromatic nitrogens is 8. The largest absolute Gasteiger partial charge is 2.00 e. The molecular formula is C72H56N8S8Zn. The summed E-state index contributed by atoms with van der Waals surface area (Å²) in [6, 6.07) is 84.9. The number of hydrogen-bond acceptors (Lipinski definition) is 14. The van der Waals surface area contributed by atoms with Gasteiger partial charge < -0.3 is 29.9 Å². The van der Waals surface area contributed by atoms with E-state index in [1.807, 2.05) is 0 Å². The van der Waals surface area contributed by atoms with Crippen molar-refractivity contribution in [1.29, 1.82) is 0 Å². The van der Waals surface area contributed by atoms with E-state index in [-0.39, 0.29) is 19.5 Å². The summed E-state index contributed by atoms with van der Waals surface area (Å²) in [4.78, 5) is 52.5. The first-order valence-electron chi connectivity index (χ1n) is 28.6. The molecule has 5 heterocycles. The van der Waals surface area contributed by atoms with Gasteiger partial charge in [-0.2, -0.15) is 0 Å². The molecule has 11 aromatic rings. The number of hydrogen-bond donors (Lipinski definition) is 0. The third-order valence-electron chi connectivity index (χ3n) is 14.0. The zero-order chi connectivity index (χ0) is 59.1. The van der Waals surface area contributed by atoms with E-state index < -0.39 is 0 Å². The van der Waals surface area contributed by atoms with Gasteiger partial charge in [0.2, 0.25) is 0 Å². The van der Waals surface area contributed by atoms with E-state index in [9.17, 15) is 0 Å². The van der Waals surface area contributed by atoms with Crippen molar-refractivity contribution in [3.63, 3.8) is 0 Å². The van der Waals surface area contributed by atoms with Crippen LogP contribution in [0.25, 0.3) is 42.2 Å². The van der Waals surface area contributed by atoms with E-state index in [1.54, 1.807) is 94.1 Å². The molecule has 0 spiro atoms. The zero-order valence-corrected chi connectivity index (χ0v) is 57.8. The SMILES string of the molecule is [Zn+2].c1ccc(CSC2=C(SCc3ccccc3)c3nc2nc2[n-]c(nc4nc(nc5[n-]c(n3)c(SCc3ccccc3)c5SCc3ccccc3)C(SCc3ccccc3)=C4SCc3ccccc3)c(SCc3ccccc3)c2SCc2ccccc2)cc1. The molecule has 89 heavy (non-hydrogen) atoms. The molecule has 434 valence electrons. The summed E-state index contributed by atoms with van der Waals surface area (Å²) >= 11 is 13.9. The average molecular weight is 1360 g/mol. The molecule has 0 unspecified atom stereocenters. The zero-order valence-electron chi connectivity index (χ0n) is 48.3. The Morgan fingerprint density at radius 2 is 0.360 bits per heavy atom. The number of thioether (sulfide) groups is 8. The van der Waals surface area contributed by atoms with Gasteiger partial charge in [0.05, 0.1) is 42.9 Å². The topological polar surface area (TPSA) is 106 Å². The third kappa shape index (κ3) is 16.4. The molecular weight excluding hydrogens is 1300 g/mol. The molecule has 0 amide bonds. The third-order valence-corrected chi connectivity index (χ3v) is 23.7. The van der Waals surface area contributed by atoms with Crippen LogP contribution < -0.4 is 9.97 Å². The Bertz CT molecular complexity index is 3820. The molecule has 8 aromatic carbocycles. The van der Waals surface area contributed by atoms with Crippen molar-refractivity contribution >= 4 is 136 Å². The molecule has 0 radical (unpaired) electrons. The van der Waals surface area contributed by atoms with Crippen molar-refractivity contribution < 1.29 is 19.5 Å². The number of nitrogens with zero attached hydrogens (tertiary/aromatic N) is 8. The van der Waals surface area contributed by atoms with E-state index in [0.29, 0.717) is 91.9 Å². The van der Waals surface area contributed by atoms with E-state index in [2.05, 4.69) is 243 Å². The normalized spacial score (nSPS) is 12.1. The van der Waals surface area contributed by atoms with Crippen LogP contribution in [0.3, 0.4) is 0 Å². The van der Waals surface area contributed by atoms with Crippen molar-refractivity contribution in [2.24, 2.45) is 0 Å². The summed E-state index contributed by atoms with van der Waals surface area (Å²) in [6.45, 7) is 0. The fraction of sp³-hybridized carbons (Fsp3) is 0.111. The molecule has 8 nitrogen and oxygen atoms in total. The van der Waals surface area contributed by atoms with Gasteiger partial charge in [-0.3, -0.25) is 0 Å². The van der Waals surface area contributed by atoms with Crippen LogP contribution in [0, 0.1) is 0 Å². The Morgan fingerprint density at radius 3 is 0.528 bits per heavy atom. The first-order chi connectivity index (χ1) is 43.6. The molecule has 0 saturated heterocycles. The van der Waals surface area contributed by atoms with Gasteiger partial charge in [0.1, 0.15) is 0 Å². The van der Waals surface area contributed by atoms with Gasteiger partial charge in [-0.1, -0.05) is 243 Å². The van der Waals surface area contributed by atoms with Crippen LogP contribution in [0.4, 0.5) is 0 Å². The molecule has 0 fully saturated rings. The van der Waals surface area contributed by atoms with Crippen molar-refractivity contribution in [2.45, 2.75) is 65.6 Å². The summed E-state index contributed by atoms with van der Waals surface area (Å²) in [6.07, 6.45) is 0. The summed E-state index contributed by atoms with van der Waals surface area (Å²) in [5.74, 6) is 7.68. The van der Waals surface area contributed by atoms with Gasteiger partial charge in [0.25, 0.3) is 0 Å². The summed E-state index contributed by atoms with van der Waals surface area (Å²) in [7, 11) is 0. The van der Waals surface area contributed by atoms with Crippen molar-refractivity contribution in [2.75, 3.05) is 0 Å². The Morgan fingerprint density at radius 1 is 0.202 bits per heavy atom. The van der Waals surface area contributed by atoms with Crippen LogP contribution in [0.1, 0.15) is 67.8 Å². The smallest absolute Gasteiger partial charge is 0.356 e. The monoisotopic (exact) mass is 1350 g/mol. The fourth-order valence-corrected chi connectivity index (χ4v) is 18.5. The number of rotatable bonds is 24. The molecule has 8 bridgehead atoms. The second-order valence-electron chi connectivity index (χ2n) is 20.3. The van der Waals surface area contributed by atoms with Gasteiger partial charge in [0, 0.05) is 88.2 Å². The molecule has 0 aliphatic carbocycles. The Kier molecular flexibility index (Phi) is 22.2. The van der Waals surface area contributed by atoms with E-state index >= 15 is 0 Å². The maximum Gasteiger partial charge on any atom is 2.00 e. The first kappa shape index (κ1) is 62.7. The molecule has 0 N–H and O–H groups in total. The van der Waals surface area contributed by atoms with Gasteiger partial charge in [-0.15, -0.1) is 94.1 Å². The molecule has 2 aliphatic heterocycles. The minimum absolute atomic E-state index is 0.